The summed E-state index contributed by atoms with van der Waals surface area (Å²) in [5.74, 6) is -0.0525. The second-order valence-corrected chi connectivity index (χ2v) is 4.74. The van der Waals surface area contributed by atoms with Crippen molar-refractivity contribution in [1.29, 1.82) is 0 Å². The zero-order valence-electron chi connectivity index (χ0n) is 9.53. The van der Waals surface area contributed by atoms with Crippen molar-refractivity contribution in [3.05, 3.63) is 16.1 Å². The third-order valence-corrected chi connectivity index (χ3v) is 3.05. The molecule has 0 aliphatic heterocycles. The molecule has 3 N–H and O–H groups in total. The highest BCUT2D eigenvalue weighted by Crippen LogP contribution is 2.10. The lowest BCUT2D eigenvalue weighted by Gasteiger charge is -2.11. The second kappa shape index (κ2) is 6.57. The molecule has 0 radical (unpaired) electrons. The first-order valence-corrected chi connectivity index (χ1v) is 5.88. The highest BCUT2D eigenvalue weighted by Gasteiger charge is 2.11. The zero-order chi connectivity index (χ0) is 12.0. The van der Waals surface area contributed by atoms with Gasteiger partial charge in [0.1, 0.15) is 0 Å². The van der Waals surface area contributed by atoms with E-state index in [1.54, 1.807) is 24.6 Å². The minimum Gasteiger partial charge on any atom is -0.380 e. The summed E-state index contributed by atoms with van der Waals surface area (Å²) in [7, 11) is 1.55. The Morgan fingerprint density at radius 3 is 3.00 bits per heavy atom. The van der Waals surface area contributed by atoms with Crippen LogP contribution in [0.25, 0.3) is 0 Å². The average Bonchev–Trinajstić information content (AvgIpc) is 2.69. The normalized spacial score (nSPS) is 12.4. The summed E-state index contributed by atoms with van der Waals surface area (Å²) >= 11 is 1.58. The summed E-state index contributed by atoms with van der Waals surface area (Å²) in [6, 6.07) is 0. The monoisotopic (exact) mass is 243 g/mol. The lowest BCUT2D eigenvalue weighted by molar-refractivity contribution is -0.123. The molecule has 5 nitrogen and oxygen atoms in total. The van der Waals surface area contributed by atoms with Crippen LogP contribution in [-0.4, -0.2) is 30.6 Å². The third kappa shape index (κ3) is 4.26. The fourth-order valence-electron chi connectivity index (χ4n) is 1.21. The van der Waals surface area contributed by atoms with Crippen LogP contribution < -0.4 is 11.1 Å². The smallest absolute Gasteiger partial charge is 0.222 e. The number of carbonyl (C=O) groups excluding carboxylic acids is 1. The minimum atomic E-state index is -0.205. The molecule has 0 saturated carbocycles. The van der Waals surface area contributed by atoms with Crippen LogP contribution in [-0.2, 0) is 16.1 Å². The number of rotatable bonds is 6. The van der Waals surface area contributed by atoms with Crippen molar-refractivity contribution in [3.63, 3.8) is 0 Å². The van der Waals surface area contributed by atoms with Crippen LogP contribution in [0.1, 0.15) is 16.3 Å². The Bertz CT molecular complexity index is 337. The molecule has 0 aliphatic carbocycles. The Balaban J connectivity index is 2.30. The van der Waals surface area contributed by atoms with Crippen LogP contribution in [0.2, 0.25) is 0 Å². The van der Waals surface area contributed by atoms with Crippen LogP contribution in [0.4, 0.5) is 0 Å². The van der Waals surface area contributed by atoms with Crippen LogP contribution in [0.15, 0.2) is 6.20 Å². The first-order valence-electron chi connectivity index (χ1n) is 5.06. The number of nitrogens with one attached hydrogen (secondary N) is 1. The number of nitrogens with zero attached hydrogens (tertiary/aromatic N) is 1. The molecule has 0 aromatic carbocycles. The number of hydrogen-bond acceptors (Lipinski definition) is 5. The van der Waals surface area contributed by atoms with Gasteiger partial charge in [0.25, 0.3) is 0 Å². The van der Waals surface area contributed by atoms with Crippen molar-refractivity contribution in [2.24, 2.45) is 5.73 Å². The van der Waals surface area contributed by atoms with Gasteiger partial charge >= 0.3 is 0 Å². The van der Waals surface area contributed by atoms with E-state index >= 15 is 0 Å². The Kier molecular flexibility index (Phi) is 5.37. The van der Waals surface area contributed by atoms with Crippen LogP contribution >= 0.6 is 11.3 Å². The lowest BCUT2D eigenvalue weighted by atomic mass is 10.2. The van der Waals surface area contributed by atoms with Crippen molar-refractivity contribution in [3.8, 4) is 0 Å². The zero-order valence-corrected chi connectivity index (χ0v) is 10.3. The number of thiazole rings is 1. The fraction of sp³-hybridized carbons (Fsp3) is 0.600. The highest BCUT2D eigenvalue weighted by atomic mass is 32.1. The summed E-state index contributed by atoms with van der Waals surface area (Å²) in [5.41, 5.74) is 5.43. The summed E-state index contributed by atoms with van der Waals surface area (Å²) in [6.07, 6.45) is 1.87. The van der Waals surface area contributed by atoms with Crippen molar-refractivity contribution in [1.82, 2.24) is 10.3 Å². The molecule has 1 aromatic heterocycles. The van der Waals surface area contributed by atoms with E-state index < -0.39 is 0 Å². The SMILES string of the molecule is COC(CN)CC(=O)NCc1cnc(C)s1. The Labute approximate surface area is 99.0 Å². The number of hydrogen-bond donors (Lipinski definition) is 2. The van der Waals surface area contributed by atoms with Gasteiger partial charge in [-0.05, 0) is 6.92 Å². The summed E-state index contributed by atoms with van der Waals surface area (Å²) in [6.45, 7) is 2.81. The first-order chi connectivity index (χ1) is 7.65. The molecular weight excluding hydrogens is 226 g/mol. The Morgan fingerprint density at radius 1 is 1.75 bits per heavy atom. The van der Waals surface area contributed by atoms with Gasteiger partial charge in [-0.3, -0.25) is 4.79 Å². The molecule has 0 aliphatic rings. The largest absolute Gasteiger partial charge is 0.380 e. The summed E-state index contributed by atoms with van der Waals surface area (Å²) < 4.78 is 5.03. The van der Waals surface area contributed by atoms with E-state index in [-0.39, 0.29) is 12.0 Å². The third-order valence-electron chi connectivity index (χ3n) is 2.14. The number of aryl methyl sites for hydroxylation is 1. The van der Waals surface area contributed by atoms with E-state index in [1.165, 1.54) is 0 Å². The van der Waals surface area contributed by atoms with Crippen molar-refractivity contribution < 1.29 is 9.53 Å². The standard InChI is InChI=1S/C10H17N3O2S/c1-7-12-5-9(16-7)6-13-10(14)3-8(4-11)15-2/h5,8H,3-4,6,11H2,1-2H3,(H,13,14). The Morgan fingerprint density at radius 2 is 2.50 bits per heavy atom. The predicted molar refractivity (Wildman–Crippen MR) is 63.2 cm³/mol. The fourth-order valence-corrected chi connectivity index (χ4v) is 1.95. The maximum atomic E-state index is 11.5. The molecular formula is C10H17N3O2S. The molecule has 6 heteroatoms. The highest BCUT2D eigenvalue weighted by molar-refractivity contribution is 7.11. The van der Waals surface area contributed by atoms with E-state index in [0.717, 1.165) is 9.88 Å². The van der Waals surface area contributed by atoms with Gasteiger partial charge < -0.3 is 15.8 Å². The molecule has 1 rings (SSSR count). The quantitative estimate of drug-likeness (QED) is 0.759. The van der Waals surface area contributed by atoms with E-state index in [0.29, 0.717) is 19.5 Å². The van der Waals surface area contributed by atoms with Gasteiger partial charge in [-0.25, -0.2) is 4.98 Å². The van der Waals surface area contributed by atoms with Gasteiger partial charge in [0.2, 0.25) is 5.91 Å². The number of ether oxygens (including phenoxy) is 1. The molecule has 16 heavy (non-hydrogen) atoms. The lowest BCUT2D eigenvalue weighted by Crippen LogP contribution is -2.31. The Hall–Kier alpha value is -0.980. The molecule has 1 atom stereocenters. The topological polar surface area (TPSA) is 77.2 Å². The van der Waals surface area contributed by atoms with E-state index in [9.17, 15) is 4.79 Å². The summed E-state index contributed by atoms with van der Waals surface area (Å²) in [5, 5.41) is 3.81. The van der Waals surface area contributed by atoms with Crippen LogP contribution in [0.5, 0.6) is 0 Å². The molecule has 0 bridgehead atoms. The molecule has 1 aromatic rings. The van der Waals surface area contributed by atoms with Crippen molar-refractivity contribution in [2.45, 2.75) is 26.0 Å². The van der Waals surface area contributed by atoms with Gasteiger partial charge in [0.15, 0.2) is 0 Å². The second-order valence-electron chi connectivity index (χ2n) is 3.42. The molecule has 0 saturated heterocycles. The van der Waals surface area contributed by atoms with E-state index in [2.05, 4.69) is 10.3 Å². The number of methoxy groups -OCH3 is 1. The average molecular weight is 243 g/mol. The molecule has 0 fully saturated rings. The maximum Gasteiger partial charge on any atom is 0.222 e. The van der Waals surface area contributed by atoms with Gasteiger partial charge in [-0.2, -0.15) is 0 Å². The van der Waals surface area contributed by atoms with Crippen LogP contribution in [0, 0.1) is 6.92 Å². The molecule has 0 spiro atoms. The van der Waals surface area contributed by atoms with Gasteiger partial charge in [0.05, 0.1) is 24.1 Å². The minimum absolute atomic E-state index is 0.0525. The van der Waals surface area contributed by atoms with Gasteiger partial charge in [0, 0.05) is 24.7 Å². The summed E-state index contributed by atoms with van der Waals surface area (Å²) in [4.78, 5) is 16.6. The van der Waals surface area contributed by atoms with E-state index in [4.69, 9.17) is 10.5 Å². The number of amides is 1. The maximum absolute atomic E-state index is 11.5. The molecule has 1 unspecified atom stereocenters. The van der Waals surface area contributed by atoms with Crippen molar-refractivity contribution >= 4 is 17.2 Å². The first kappa shape index (κ1) is 13.1. The van der Waals surface area contributed by atoms with Crippen LogP contribution in [0.3, 0.4) is 0 Å². The molecule has 1 heterocycles. The van der Waals surface area contributed by atoms with Gasteiger partial charge in [-0.1, -0.05) is 0 Å². The van der Waals surface area contributed by atoms with E-state index in [1.807, 2.05) is 6.92 Å². The molecule has 90 valence electrons. The number of aromatic nitrogens is 1. The molecule has 1 amide bonds. The number of carbonyl (C=O) groups is 1. The number of nitrogens with two attached hydrogens (primary N) is 1. The van der Waals surface area contributed by atoms with Crippen molar-refractivity contribution in [2.75, 3.05) is 13.7 Å². The van der Waals surface area contributed by atoms with Gasteiger partial charge in [-0.15, -0.1) is 11.3 Å². The predicted octanol–water partition coefficient (Wildman–Crippen LogP) is 0.432.